The monoisotopic (exact) mass is 379 g/mol. The van der Waals surface area contributed by atoms with Gasteiger partial charge in [0, 0.05) is 24.8 Å². The summed E-state index contributed by atoms with van der Waals surface area (Å²) in [5.41, 5.74) is 2.53. The van der Waals surface area contributed by atoms with Crippen LogP contribution in [-0.2, 0) is 11.3 Å². The molecule has 27 heavy (non-hydrogen) atoms. The highest BCUT2D eigenvalue weighted by Crippen LogP contribution is 2.51. The second-order valence-corrected chi connectivity index (χ2v) is 7.80. The lowest BCUT2D eigenvalue weighted by Crippen LogP contribution is -2.58. The van der Waals surface area contributed by atoms with Crippen LogP contribution in [0, 0.1) is 0 Å². The fourth-order valence-corrected chi connectivity index (χ4v) is 4.87. The van der Waals surface area contributed by atoms with Crippen LogP contribution in [-0.4, -0.2) is 33.4 Å². The largest absolute Gasteiger partial charge is 0.342 e. The molecule has 2 aromatic rings. The Morgan fingerprint density at radius 2 is 1.81 bits per heavy atom. The third kappa shape index (κ3) is 2.72. The quantitative estimate of drug-likeness (QED) is 0.784. The van der Waals surface area contributed by atoms with Crippen molar-refractivity contribution in [3.63, 3.8) is 0 Å². The van der Waals surface area contributed by atoms with E-state index < -0.39 is 5.54 Å². The Morgan fingerprint density at radius 3 is 2.56 bits per heavy atom. The van der Waals surface area contributed by atoms with Crippen molar-refractivity contribution in [1.29, 1.82) is 0 Å². The summed E-state index contributed by atoms with van der Waals surface area (Å²) in [4.78, 5) is 17.8. The van der Waals surface area contributed by atoms with Crippen molar-refractivity contribution in [2.75, 3.05) is 12.4 Å². The van der Waals surface area contributed by atoms with E-state index >= 15 is 0 Å². The molecular weight excluding hydrogens is 354 g/mol. The number of hydrogen-bond acceptors (Lipinski definition) is 2. The van der Waals surface area contributed by atoms with E-state index in [4.69, 9.17) is 12.2 Å². The van der Waals surface area contributed by atoms with Crippen molar-refractivity contribution in [1.82, 2.24) is 9.80 Å². The van der Waals surface area contributed by atoms with E-state index in [1.165, 1.54) is 0 Å². The van der Waals surface area contributed by atoms with Crippen molar-refractivity contribution < 1.29 is 4.79 Å². The Bertz CT molecular complexity index is 869. The molecule has 0 radical (unpaired) electrons. The van der Waals surface area contributed by atoms with Crippen LogP contribution in [0.5, 0.6) is 0 Å². The number of nitrogens with one attached hydrogen (secondary N) is 1. The summed E-state index contributed by atoms with van der Waals surface area (Å²) in [6.45, 7) is 2.80. The maximum atomic E-state index is 13.5. The zero-order valence-electron chi connectivity index (χ0n) is 15.8. The lowest BCUT2D eigenvalue weighted by Gasteiger charge is -2.44. The molecule has 2 heterocycles. The summed E-state index contributed by atoms with van der Waals surface area (Å²) in [6.07, 6.45) is 2.80. The summed E-state index contributed by atoms with van der Waals surface area (Å²) in [6, 6.07) is 18.3. The van der Waals surface area contributed by atoms with E-state index in [0.29, 0.717) is 6.54 Å². The maximum Gasteiger partial charge on any atom is 0.252 e. The number of hydrogen-bond donors (Lipinski definition) is 1. The van der Waals surface area contributed by atoms with Crippen molar-refractivity contribution in [3.05, 3.63) is 65.7 Å². The standard InChI is InChI=1S/C22H25N3OS/c1-3-4-14-22-19(17-12-8-9-13-18(17)23-20(22)26)24(2)21(27)25(22)15-16-10-6-5-7-11-16/h5-13,19H,3-4,14-15H2,1-2H3,(H,23,26). The van der Waals surface area contributed by atoms with Crippen LogP contribution < -0.4 is 5.32 Å². The van der Waals surface area contributed by atoms with Crippen LogP contribution in [0.15, 0.2) is 54.6 Å². The van der Waals surface area contributed by atoms with Gasteiger partial charge in [0.05, 0.1) is 6.04 Å². The molecule has 140 valence electrons. The van der Waals surface area contributed by atoms with Crippen LogP contribution in [0.2, 0.25) is 0 Å². The third-order valence-corrected chi connectivity index (χ3v) is 6.35. The number of fused-ring (bicyclic) bond motifs is 3. The molecule has 0 bridgehead atoms. The van der Waals surface area contributed by atoms with Crippen LogP contribution in [0.1, 0.15) is 43.4 Å². The Kier molecular flexibility index (Phi) is 4.64. The van der Waals surface area contributed by atoms with Crippen LogP contribution in [0.25, 0.3) is 0 Å². The van der Waals surface area contributed by atoms with Gasteiger partial charge < -0.3 is 15.1 Å². The van der Waals surface area contributed by atoms with Gasteiger partial charge in [-0.2, -0.15) is 0 Å². The van der Waals surface area contributed by atoms with Gasteiger partial charge in [0.1, 0.15) is 5.54 Å². The lowest BCUT2D eigenvalue weighted by molar-refractivity contribution is -0.128. The van der Waals surface area contributed by atoms with Gasteiger partial charge in [-0.05, 0) is 30.3 Å². The Morgan fingerprint density at radius 1 is 1.11 bits per heavy atom. The normalized spacial score (nSPS) is 23.9. The highest BCUT2D eigenvalue weighted by atomic mass is 32.1. The van der Waals surface area contributed by atoms with Gasteiger partial charge in [-0.1, -0.05) is 68.3 Å². The van der Waals surface area contributed by atoms with E-state index in [1.807, 2.05) is 43.4 Å². The van der Waals surface area contributed by atoms with E-state index in [1.54, 1.807) is 0 Å². The average molecular weight is 380 g/mol. The smallest absolute Gasteiger partial charge is 0.252 e. The number of para-hydroxylation sites is 1. The van der Waals surface area contributed by atoms with E-state index in [-0.39, 0.29) is 11.9 Å². The molecule has 2 unspecified atom stereocenters. The fourth-order valence-electron chi connectivity index (χ4n) is 4.54. The minimum Gasteiger partial charge on any atom is -0.342 e. The second-order valence-electron chi connectivity index (χ2n) is 7.44. The number of nitrogens with zero attached hydrogens (tertiary/aromatic N) is 2. The molecule has 5 heteroatoms. The molecule has 2 aliphatic rings. The van der Waals surface area contributed by atoms with Gasteiger partial charge in [0.15, 0.2) is 5.11 Å². The second kappa shape index (κ2) is 6.97. The van der Waals surface area contributed by atoms with Gasteiger partial charge in [-0.15, -0.1) is 0 Å². The summed E-state index contributed by atoms with van der Waals surface area (Å²) < 4.78 is 0. The Balaban J connectivity index is 1.84. The number of thiocarbonyl (C=S) groups is 1. The minimum absolute atomic E-state index is 0.0577. The number of amides is 1. The van der Waals surface area contributed by atoms with Gasteiger partial charge in [-0.3, -0.25) is 4.79 Å². The van der Waals surface area contributed by atoms with Gasteiger partial charge >= 0.3 is 0 Å². The van der Waals surface area contributed by atoms with Crippen molar-refractivity contribution in [3.8, 4) is 0 Å². The predicted octanol–water partition coefficient (Wildman–Crippen LogP) is 4.34. The van der Waals surface area contributed by atoms with Crippen LogP contribution >= 0.6 is 12.2 Å². The van der Waals surface area contributed by atoms with Crippen LogP contribution in [0.4, 0.5) is 5.69 Å². The zero-order valence-corrected chi connectivity index (χ0v) is 16.6. The molecule has 0 aromatic heterocycles. The first-order chi connectivity index (χ1) is 13.1. The maximum absolute atomic E-state index is 13.5. The summed E-state index contributed by atoms with van der Waals surface area (Å²) >= 11 is 5.85. The molecule has 0 saturated carbocycles. The zero-order chi connectivity index (χ0) is 19.0. The first-order valence-electron chi connectivity index (χ1n) is 9.58. The summed E-state index contributed by atoms with van der Waals surface area (Å²) in [5.74, 6) is 0.0577. The number of benzene rings is 2. The van der Waals surface area contributed by atoms with Gasteiger partial charge in [0.2, 0.25) is 0 Å². The van der Waals surface area contributed by atoms with Gasteiger partial charge in [-0.25, -0.2) is 0 Å². The summed E-state index contributed by atoms with van der Waals surface area (Å²) in [7, 11) is 2.02. The molecule has 4 nitrogen and oxygen atoms in total. The molecule has 1 amide bonds. The molecule has 1 fully saturated rings. The SMILES string of the molecule is CCCCC12C(=O)Nc3ccccc3C1N(C)C(=S)N2Cc1ccccc1. The highest BCUT2D eigenvalue weighted by Gasteiger charge is 2.61. The molecule has 1 saturated heterocycles. The number of rotatable bonds is 5. The van der Waals surface area contributed by atoms with E-state index in [0.717, 1.165) is 41.2 Å². The number of likely N-dealkylation sites (N-methyl/N-ethyl adjacent to an activating group) is 1. The summed E-state index contributed by atoms with van der Waals surface area (Å²) in [5, 5.41) is 3.91. The molecular formula is C22H25N3OS. The number of carbonyl (C=O) groups excluding carboxylic acids is 1. The number of carbonyl (C=O) groups is 1. The average Bonchev–Trinajstić information content (AvgIpc) is 2.90. The minimum atomic E-state index is -0.675. The molecule has 2 atom stereocenters. The van der Waals surface area contributed by atoms with E-state index in [9.17, 15) is 4.79 Å². The predicted molar refractivity (Wildman–Crippen MR) is 112 cm³/mol. The number of unbranched alkanes of at least 4 members (excludes halogenated alkanes) is 1. The molecule has 0 spiro atoms. The fraction of sp³-hybridized carbons (Fsp3) is 0.364. The Labute approximate surface area is 166 Å². The van der Waals surface area contributed by atoms with Crippen molar-refractivity contribution >= 4 is 28.9 Å². The van der Waals surface area contributed by atoms with E-state index in [2.05, 4.69) is 40.2 Å². The van der Waals surface area contributed by atoms with Gasteiger partial charge in [0.25, 0.3) is 5.91 Å². The van der Waals surface area contributed by atoms with Crippen molar-refractivity contribution in [2.24, 2.45) is 0 Å². The topological polar surface area (TPSA) is 35.6 Å². The molecule has 1 N–H and O–H groups in total. The first-order valence-corrected chi connectivity index (χ1v) is 9.99. The molecule has 4 rings (SSSR count). The first kappa shape index (κ1) is 18.0. The third-order valence-electron chi connectivity index (χ3n) is 5.85. The molecule has 2 aliphatic heterocycles. The molecule has 0 aliphatic carbocycles. The Hall–Kier alpha value is -2.40. The number of anilines is 1. The lowest BCUT2D eigenvalue weighted by atomic mass is 9.76. The van der Waals surface area contributed by atoms with Crippen molar-refractivity contribution in [2.45, 2.75) is 44.3 Å². The highest BCUT2D eigenvalue weighted by molar-refractivity contribution is 7.80. The van der Waals surface area contributed by atoms with Crippen LogP contribution in [0.3, 0.4) is 0 Å². The molecule has 2 aromatic carbocycles.